The van der Waals surface area contributed by atoms with E-state index in [4.69, 9.17) is 9.73 Å². The Morgan fingerprint density at radius 1 is 1.04 bits per heavy atom. The van der Waals surface area contributed by atoms with E-state index in [1.54, 1.807) is 10.6 Å². The van der Waals surface area contributed by atoms with Crippen LogP contribution in [0.5, 0.6) is 5.75 Å². The van der Waals surface area contributed by atoms with Crippen LogP contribution in [0.2, 0.25) is 0 Å². The van der Waals surface area contributed by atoms with Crippen molar-refractivity contribution in [2.75, 3.05) is 5.32 Å². The van der Waals surface area contributed by atoms with Crippen LogP contribution in [0.25, 0.3) is 6.08 Å². The van der Waals surface area contributed by atoms with Gasteiger partial charge in [-0.05, 0) is 77.3 Å². The summed E-state index contributed by atoms with van der Waals surface area (Å²) in [5, 5.41) is 12.3. The summed E-state index contributed by atoms with van der Waals surface area (Å²) in [6, 6.07) is 31.5. The molecule has 0 fully saturated rings. The summed E-state index contributed by atoms with van der Waals surface area (Å²) < 4.78 is 8.81. The molecule has 222 valence electrons. The Morgan fingerprint density at radius 3 is 2.51 bits per heavy atom. The van der Waals surface area contributed by atoms with Gasteiger partial charge in [0, 0.05) is 11.3 Å². The van der Waals surface area contributed by atoms with Gasteiger partial charge in [-0.15, -0.1) is 0 Å². The number of halogens is 1. The normalized spacial score (nSPS) is 14.4. The van der Waals surface area contributed by atoms with E-state index in [1.165, 1.54) is 11.3 Å². The Bertz CT molecular complexity index is 2180. The Morgan fingerprint density at radius 2 is 1.78 bits per heavy atom. The van der Waals surface area contributed by atoms with Gasteiger partial charge in [0.1, 0.15) is 12.4 Å². The molecule has 1 aliphatic heterocycles. The average Bonchev–Trinajstić information content (AvgIpc) is 3.34. The summed E-state index contributed by atoms with van der Waals surface area (Å²) in [6.07, 6.45) is 1.82. The topological polar surface area (TPSA) is 96.5 Å². The molecule has 0 saturated carbocycles. The first-order chi connectivity index (χ1) is 21.8. The third kappa shape index (κ3) is 6.29. The van der Waals surface area contributed by atoms with E-state index in [2.05, 4.69) is 27.3 Å². The van der Waals surface area contributed by atoms with Gasteiger partial charge < -0.3 is 10.1 Å². The van der Waals surface area contributed by atoms with E-state index in [0.717, 1.165) is 22.3 Å². The quantitative estimate of drug-likeness (QED) is 0.216. The molecule has 0 aliphatic carbocycles. The Balaban J connectivity index is 1.36. The molecule has 0 radical (unpaired) electrons. The molecular weight excluding hydrogens is 648 g/mol. The second-order valence-electron chi connectivity index (χ2n) is 10.6. The molecule has 1 aliphatic rings. The number of aryl methyl sites for hydroxylation is 1. The van der Waals surface area contributed by atoms with Gasteiger partial charge in [-0.2, -0.15) is 5.26 Å². The van der Waals surface area contributed by atoms with Crippen molar-refractivity contribution < 1.29 is 9.53 Å². The molecule has 0 saturated heterocycles. The van der Waals surface area contributed by atoms with Crippen LogP contribution >= 0.6 is 27.3 Å². The molecule has 2 heterocycles. The zero-order chi connectivity index (χ0) is 31.5. The van der Waals surface area contributed by atoms with Crippen molar-refractivity contribution in [3.63, 3.8) is 0 Å². The summed E-state index contributed by atoms with van der Waals surface area (Å²) in [5.74, 6) is 0.310. The standard InChI is InChI=1S/C36H27BrN4O3S/c1-22-12-15-25(16-13-22)33-32(34(42)40-28-10-4-3-5-11-28)23(2)39-36-41(33)35(43)31(45-36)19-24-14-17-30(29(37)18-24)44-21-27-9-7-6-8-26(27)20-38/h3-19,33H,21H2,1-2H3,(H,40,42)/b31-19+/t33-/m0/s1. The van der Waals surface area contributed by atoms with Crippen molar-refractivity contribution in [2.24, 2.45) is 4.99 Å². The number of hydrogen-bond donors (Lipinski definition) is 1. The van der Waals surface area contributed by atoms with Crippen molar-refractivity contribution >= 4 is 44.9 Å². The minimum atomic E-state index is -0.647. The molecule has 9 heteroatoms. The van der Waals surface area contributed by atoms with Crippen LogP contribution in [-0.4, -0.2) is 10.5 Å². The number of carbonyl (C=O) groups is 1. The third-order valence-corrected chi connectivity index (χ3v) is 9.07. The number of carbonyl (C=O) groups excluding carboxylic acids is 1. The van der Waals surface area contributed by atoms with Gasteiger partial charge in [0.15, 0.2) is 4.80 Å². The maximum atomic E-state index is 14.0. The lowest BCUT2D eigenvalue weighted by molar-refractivity contribution is -0.113. The average molecular weight is 676 g/mol. The highest BCUT2D eigenvalue weighted by atomic mass is 79.9. The summed E-state index contributed by atoms with van der Waals surface area (Å²) in [7, 11) is 0. The molecule has 7 nitrogen and oxygen atoms in total. The zero-order valence-corrected chi connectivity index (χ0v) is 26.9. The van der Waals surface area contributed by atoms with Gasteiger partial charge in [0.25, 0.3) is 11.5 Å². The fraction of sp³-hybridized carbons (Fsp3) is 0.111. The van der Waals surface area contributed by atoms with Crippen molar-refractivity contribution in [1.29, 1.82) is 5.26 Å². The lowest BCUT2D eigenvalue weighted by Gasteiger charge is -2.25. The van der Waals surface area contributed by atoms with Crippen LogP contribution in [-0.2, 0) is 11.4 Å². The molecule has 1 amide bonds. The van der Waals surface area contributed by atoms with Gasteiger partial charge in [-0.3, -0.25) is 14.2 Å². The van der Waals surface area contributed by atoms with Crippen LogP contribution in [0.4, 0.5) is 5.69 Å². The number of rotatable bonds is 7. The monoisotopic (exact) mass is 674 g/mol. The second-order valence-corrected chi connectivity index (χ2v) is 12.4. The highest BCUT2D eigenvalue weighted by molar-refractivity contribution is 9.10. The van der Waals surface area contributed by atoms with Crippen LogP contribution < -0.4 is 24.9 Å². The molecule has 0 spiro atoms. The number of ether oxygens (including phenoxy) is 1. The molecule has 6 rings (SSSR count). The number of nitrogens with one attached hydrogen (secondary N) is 1. The van der Waals surface area contributed by atoms with E-state index in [1.807, 2.05) is 111 Å². The molecule has 1 N–H and O–H groups in total. The van der Waals surface area contributed by atoms with E-state index >= 15 is 0 Å². The SMILES string of the molecule is CC1=C(C(=O)Nc2ccccc2)[C@H](c2ccc(C)cc2)n2c(s/c(=C/c3ccc(OCc4ccccc4C#N)c(Br)c3)c2=O)=N1. The number of fused-ring (bicyclic) bond motifs is 1. The summed E-state index contributed by atoms with van der Waals surface area (Å²) in [5.41, 5.74) is 5.47. The number of para-hydroxylation sites is 1. The van der Waals surface area contributed by atoms with Crippen molar-refractivity contribution in [2.45, 2.75) is 26.5 Å². The molecule has 4 aromatic carbocycles. The zero-order valence-electron chi connectivity index (χ0n) is 24.5. The first kappa shape index (κ1) is 30.0. The van der Waals surface area contributed by atoms with E-state index < -0.39 is 6.04 Å². The van der Waals surface area contributed by atoms with Crippen LogP contribution in [0.3, 0.4) is 0 Å². The number of nitriles is 1. The lowest BCUT2D eigenvalue weighted by atomic mass is 9.94. The first-order valence-corrected chi connectivity index (χ1v) is 15.8. The number of anilines is 1. The van der Waals surface area contributed by atoms with E-state index in [-0.39, 0.29) is 18.1 Å². The molecule has 1 aromatic heterocycles. The predicted molar refractivity (Wildman–Crippen MR) is 180 cm³/mol. The number of aromatic nitrogens is 1. The van der Waals surface area contributed by atoms with Gasteiger partial charge >= 0.3 is 0 Å². The van der Waals surface area contributed by atoms with Crippen molar-refractivity contribution in [3.05, 3.63) is 160 Å². The highest BCUT2D eigenvalue weighted by Gasteiger charge is 2.32. The van der Waals surface area contributed by atoms with E-state index in [0.29, 0.717) is 42.1 Å². The lowest BCUT2D eigenvalue weighted by Crippen LogP contribution is -2.40. The molecule has 0 unspecified atom stereocenters. The number of nitrogens with zero attached hydrogens (tertiary/aromatic N) is 3. The maximum absolute atomic E-state index is 14.0. The fourth-order valence-electron chi connectivity index (χ4n) is 5.18. The third-order valence-electron chi connectivity index (χ3n) is 7.47. The first-order valence-electron chi connectivity index (χ1n) is 14.2. The Kier molecular flexibility index (Phi) is 8.60. The van der Waals surface area contributed by atoms with Gasteiger partial charge in [-0.1, -0.05) is 83.6 Å². The van der Waals surface area contributed by atoms with Crippen LogP contribution in [0, 0.1) is 18.3 Å². The number of amides is 1. The van der Waals surface area contributed by atoms with Crippen molar-refractivity contribution in [1.82, 2.24) is 4.57 Å². The summed E-state index contributed by atoms with van der Waals surface area (Å²) in [6.45, 7) is 4.06. The summed E-state index contributed by atoms with van der Waals surface area (Å²) >= 11 is 4.88. The van der Waals surface area contributed by atoms with Gasteiger partial charge in [0.2, 0.25) is 0 Å². The number of allylic oxidation sites excluding steroid dienone is 1. The molecule has 0 bridgehead atoms. The predicted octanol–water partition coefficient (Wildman–Crippen LogP) is 6.40. The smallest absolute Gasteiger partial charge is 0.271 e. The number of thiazole rings is 1. The van der Waals surface area contributed by atoms with Crippen LogP contribution in [0.1, 0.15) is 40.8 Å². The minimum Gasteiger partial charge on any atom is -0.488 e. The second kappa shape index (κ2) is 12.9. The molecule has 45 heavy (non-hydrogen) atoms. The largest absolute Gasteiger partial charge is 0.488 e. The molecular formula is C36H27BrN4O3S. The summed E-state index contributed by atoms with van der Waals surface area (Å²) in [4.78, 5) is 33.0. The number of benzene rings is 4. The van der Waals surface area contributed by atoms with Crippen molar-refractivity contribution in [3.8, 4) is 11.8 Å². The minimum absolute atomic E-state index is 0.230. The van der Waals surface area contributed by atoms with Crippen LogP contribution in [0.15, 0.2) is 123 Å². The highest BCUT2D eigenvalue weighted by Crippen LogP contribution is 2.31. The maximum Gasteiger partial charge on any atom is 0.271 e. The van der Waals surface area contributed by atoms with Gasteiger partial charge in [-0.25, -0.2) is 4.99 Å². The Labute approximate surface area is 272 Å². The number of hydrogen-bond acceptors (Lipinski definition) is 6. The molecule has 1 atom stereocenters. The fourth-order valence-corrected chi connectivity index (χ4v) is 6.74. The van der Waals surface area contributed by atoms with Gasteiger partial charge in [0.05, 0.1) is 37.9 Å². The molecule has 5 aromatic rings. The Hall–Kier alpha value is -5.04. The van der Waals surface area contributed by atoms with E-state index in [9.17, 15) is 14.9 Å².